The Bertz CT molecular complexity index is 316. The normalized spacial score (nSPS) is 13.6. The van der Waals surface area contributed by atoms with E-state index in [9.17, 15) is 13.2 Å². The van der Waals surface area contributed by atoms with Crippen molar-refractivity contribution in [2.24, 2.45) is 0 Å². The highest BCUT2D eigenvalue weighted by atomic mass is 19.4. The molecule has 0 amide bonds. The molecule has 0 aliphatic carbocycles. The van der Waals surface area contributed by atoms with E-state index in [-0.39, 0.29) is 5.75 Å². The number of hydrogen-bond acceptors (Lipinski definition) is 1. The maximum Gasteiger partial charge on any atom is 0.573 e. The first kappa shape index (κ1) is 12.9. The van der Waals surface area contributed by atoms with Gasteiger partial charge in [0, 0.05) is 0 Å². The van der Waals surface area contributed by atoms with E-state index in [2.05, 4.69) is 18.6 Å². The van der Waals surface area contributed by atoms with Crippen LogP contribution >= 0.6 is 0 Å². The quantitative estimate of drug-likeness (QED) is 0.743. The van der Waals surface area contributed by atoms with Crippen LogP contribution in [-0.2, 0) is 0 Å². The summed E-state index contributed by atoms with van der Waals surface area (Å²) in [4.78, 5) is 0. The molecule has 4 heteroatoms. The summed E-state index contributed by atoms with van der Waals surface area (Å²) in [7, 11) is 0. The van der Waals surface area contributed by atoms with E-state index in [4.69, 9.17) is 0 Å². The van der Waals surface area contributed by atoms with E-state index in [0.29, 0.717) is 5.92 Å². The number of rotatable bonds is 4. The molecule has 0 aromatic heterocycles. The minimum atomic E-state index is -4.61. The van der Waals surface area contributed by atoms with Gasteiger partial charge in [-0.15, -0.1) is 13.2 Å². The molecule has 0 saturated carbocycles. The largest absolute Gasteiger partial charge is 0.573 e. The van der Waals surface area contributed by atoms with Crippen LogP contribution in [-0.4, -0.2) is 6.36 Å². The predicted molar refractivity (Wildman–Crippen MR) is 56.4 cm³/mol. The van der Waals surface area contributed by atoms with Crippen molar-refractivity contribution in [3.8, 4) is 5.75 Å². The third-order valence-corrected chi connectivity index (χ3v) is 2.40. The number of halogens is 3. The molecule has 1 nitrogen and oxygen atoms in total. The van der Waals surface area contributed by atoms with Crippen LogP contribution in [0.2, 0.25) is 0 Å². The van der Waals surface area contributed by atoms with Crippen LogP contribution in [0, 0.1) is 0 Å². The van der Waals surface area contributed by atoms with Crippen molar-refractivity contribution in [1.82, 2.24) is 0 Å². The Morgan fingerprint density at radius 3 is 2.19 bits per heavy atom. The molecule has 1 rings (SSSR count). The molecule has 90 valence electrons. The van der Waals surface area contributed by atoms with E-state index in [1.807, 2.05) is 0 Å². The van der Waals surface area contributed by atoms with Gasteiger partial charge in [-0.1, -0.05) is 32.4 Å². The van der Waals surface area contributed by atoms with Gasteiger partial charge in [-0.05, 0) is 30.0 Å². The van der Waals surface area contributed by atoms with Gasteiger partial charge in [0.2, 0.25) is 0 Å². The van der Waals surface area contributed by atoms with Crippen LogP contribution in [0.15, 0.2) is 24.3 Å². The van der Waals surface area contributed by atoms with E-state index >= 15 is 0 Å². The minimum absolute atomic E-state index is 0.167. The van der Waals surface area contributed by atoms with Crippen LogP contribution in [0.5, 0.6) is 5.75 Å². The smallest absolute Gasteiger partial charge is 0.406 e. The average molecular weight is 232 g/mol. The molecule has 0 N–H and O–H groups in total. The highest BCUT2D eigenvalue weighted by Crippen LogP contribution is 2.26. The lowest BCUT2D eigenvalue weighted by Gasteiger charge is -2.12. The Labute approximate surface area is 93.2 Å². The van der Waals surface area contributed by atoms with Crippen molar-refractivity contribution in [3.63, 3.8) is 0 Å². The molecule has 0 bridgehead atoms. The number of ether oxygens (including phenoxy) is 1. The topological polar surface area (TPSA) is 9.23 Å². The Morgan fingerprint density at radius 1 is 1.19 bits per heavy atom. The van der Waals surface area contributed by atoms with Gasteiger partial charge in [-0.25, -0.2) is 0 Å². The third-order valence-electron chi connectivity index (χ3n) is 2.40. The van der Waals surface area contributed by atoms with Gasteiger partial charge in [0.1, 0.15) is 5.75 Å². The molecular formula is C12H15F3O. The van der Waals surface area contributed by atoms with Gasteiger partial charge >= 0.3 is 6.36 Å². The van der Waals surface area contributed by atoms with Gasteiger partial charge in [-0.3, -0.25) is 0 Å². The van der Waals surface area contributed by atoms with Crippen molar-refractivity contribution in [2.45, 2.75) is 39.0 Å². The van der Waals surface area contributed by atoms with Gasteiger partial charge < -0.3 is 4.74 Å². The molecule has 1 atom stereocenters. The molecule has 0 radical (unpaired) electrons. The fourth-order valence-corrected chi connectivity index (χ4v) is 1.60. The zero-order chi connectivity index (χ0) is 12.2. The first-order valence-electron chi connectivity index (χ1n) is 5.28. The molecular weight excluding hydrogens is 217 g/mol. The Morgan fingerprint density at radius 2 is 1.75 bits per heavy atom. The summed E-state index contributed by atoms with van der Waals surface area (Å²) in [6.45, 7) is 4.14. The highest BCUT2D eigenvalue weighted by Gasteiger charge is 2.30. The summed E-state index contributed by atoms with van der Waals surface area (Å²) >= 11 is 0. The summed E-state index contributed by atoms with van der Waals surface area (Å²) in [6.07, 6.45) is -2.53. The molecule has 0 fully saturated rings. The monoisotopic (exact) mass is 232 g/mol. The third kappa shape index (κ3) is 4.13. The van der Waals surface area contributed by atoms with E-state index < -0.39 is 6.36 Å². The number of alkyl halides is 3. The minimum Gasteiger partial charge on any atom is -0.406 e. The summed E-state index contributed by atoms with van der Waals surface area (Å²) < 4.78 is 39.5. The van der Waals surface area contributed by atoms with Crippen molar-refractivity contribution >= 4 is 0 Å². The molecule has 0 spiro atoms. The summed E-state index contributed by atoms with van der Waals surface area (Å²) in [5.74, 6) is 0.199. The standard InChI is InChI=1S/C12H15F3O/c1-3-4-9(2)10-5-7-11(8-6-10)16-12(13,14)15/h5-9H,3-4H2,1-2H3. The lowest BCUT2D eigenvalue weighted by atomic mass is 9.97. The molecule has 1 aromatic rings. The Balaban J connectivity index is 2.68. The zero-order valence-electron chi connectivity index (χ0n) is 9.34. The molecule has 16 heavy (non-hydrogen) atoms. The zero-order valence-corrected chi connectivity index (χ0v) is 9.34. The molecule has 0 heterocycles. The van der Waals surface area contributed by atoms with E-state index in [0.717, 1.165) is 18.4 Å². The second kappa shape index (κ2) is 5.23. The first-order chi connectivity index (χ1) is 7.42. The molecule has 1 unspecified atom stereocenters. The van der Waals surface area contributed by atoms with Crippen LogP contribution in [0.25, 0.3) is 0 Å². The van der Waals surface area contributed by atoms with Crippen LogP contribution < -0.4 is 4.74 Å². The van der Waals surface area contributed by atoms with E-state index in [1.165, 1.54) is 12.1 Å². The maximum absolute atomic E-state index is 11.9. The second-order valence-corrected chi connectivity index (χ2v) is 3.81. The van der Waals surface area contributed by atoms with Crippen molar-refractivity contribution in [1.29, 1.82) is 0 Å². The Kier molecular flexibility index (Phi) is 4.21. The van der Waals surface area contributed by atoms with E-state index in [1.54, 1.807) is 12.1 Å². The van der Waals surface area contributed by atoms with Crippen molar-refractivity contribution in [2.75, 3.05) is 0 Å². The fourth-order valence-electron chi connectivity index (χ4n) is 1.60. The summed E-state index contributed by atoms with van der Waals surface area (Å²) in [6, 6.07) is 6.08. The highest BCUT2D eigenvalue weighted by molar-refractivity contribution is 5.29. The van der Waals surface area contributed by atoms with Crippen LogP contribution in [0.1, 0.15) is 38.2 Å². The Hall–Kier alpha value is -1.19. The molecule has 0 aliphatic rings. The summed E-state index contributed by atoms with van der Waals surface area (Å²) in [5.41, 5.74) is 1.04. The van der Waals surface area contributed by atoms with Gasteiger partial charge in [0.05, 0.1) is 0 Å². The maximum atomic E-state index is 11.9. The fraction of sp³-hybridized carbons (Fsp3) is 0.500. The molecule has 0 saturated heterocycles. The lowest BCUT2D eigenvalue weighted by molar-refractivity contribution is -0.274. The van der Waals surface area contributed by atoms with Crippen LogP contribution in [0.3, 0.4) is 0 Å². The number of hydrogen-bond donors (Lipinski definition) is 0. The predicted octanol–water partition coefficient (Wildman–Crippen LogP) is 4.49. The first-order valence-corrected chi connectivity index (χ1v) is 5.28. The van der Waals surface area contributed by atoms with Gasteiger partial charge in [0.25, 0.3) is 0 Å². The van der Waals surface area contributed by atoms with Crippen LogP contribution in [0.4, 0.5) is 13.2 Å². The number of benzene rings is 1. The average Bonchev–Trinajstić information content (AvgIpc) is 2.16. The SMILES string of the molecule is CCCC(C)c1ccc(OC(F)(F)F)cc1. The molecule has 1 aromatic carbocycles. The van der Waals surface area contributed by atoms with Gasteiger partial charge in [-0.2, -0.15) is 0 Å². The van der Waals surface area contributed by atoms with Crippen molar-refractivity contribution < 1.29 is 17.9 Å². The second-order valence-electron chi connectivity index (χ2n) is 3.81. The van der Waals surface area contributed by atoms with Crippen molar-refractivity contribution in [3.05, 3.63) is 29.8 Å². The lowest BCUT2D eigenvalue weighted by Crippen LogP contribution is -2.17. The summed E-state index contributed by atoms with van der Waals surface area (Å²) in [5, 5.41) is 0. The van der Waals surface area contributed by atoms with Gasteiger partial charge in [0.15, 0.2) is 0 Å². The molecule has 0 aliphatic heterocycles.